The van der Waals surface area contributed by atoms with Crippen molar-refractivity contribution < 1.29 is 4.79 Å². The third-order valence-corrected chi connectivity index (χ3v) is 4.26. The number of carbonyl (C=O) groups is 1. The Hall–Kier alpha value is -0.530. The topological polar surface area (TPSA) is 29.1 Å². The molecule has 1 heterocycles. The summed E-state index contributed by atoms with van der Waals surface area (Å²) >= 11 is 0. The zero-order valence-electron chi connectivity index (χ0n) is 10.2. The Balaban J connectivity index is 2.23. The molecule has 1 aliphatic carbocycles. The molecule has 86 valence electrons. The maximum absolute atomic E-state index is 11.5. The van der Waals surface area contributed by atoms with E-state index in [-0.39, 0.29) is 11.4 Å². The van der Waals surface area contributed by atoms with Crippen LogP contribution < -0.4 is 5.32 Å². The maximum Gasteiger partial charge on any atom is 0.220 e. The van der Waals surface area contributed by atoms with Gasteiger partial charge in [0.1, 0.15) is 0 Å². The Morgan fingerprint density at radius 2 is 2.00 bits per heavy atom. The van der Waals surface area contributed by atoms with Crippen LogP contribution in [0.1, 0.15) is 59.3 Å². The lowest BCUT2D eigenvalue weighted by Crippen LogP contribution is -2.54. The molecule has 1 aliphatic heterocycles. The lowest BCUT2D eigenvalue weighted by atomic mass is 9.61. The summed E-state index contributed by atoms with van der Waals surface area (Å²) < 4.78 is 0. The lowest BCUT2D eigenvalue weighted by Gasteiger charge is -2.48. The average Bonchev–Trinajstić information content (AvgIpc) is 2.47. The van der Waals surface area contributed by atoms with Gasteiger partial charge in [-0.15, -0.1) is 0 Å². The molecule has 0 bridgehead atoms. The van der Waals surface area contributed by atoms with Crippen LogP contribution >= 0.6 is 0 Å². The van der Waals surface area contributed by atoms with E-state index in [1.165, 1.54) is 25.7 Å². The summed E-state index contributed by atoms with van der Waals surface area (Å²) in [5, 5.41) is 3.29. The van der Waals surface area contributed by atoms with E-state index in [1.54, 1.807) is 0 Å². The van der Waals surface area contributed by atoms with Crippen molar-refractivity contribution in [3.63, 3.8) is 0 Å². The minimum atomic E-state index is 0.146. The van der Waals surface area contributed by atoms with Crippen LogP contribution in [-0.2, 0) is 4.79 Å². The summed E-state index contributed by atoms with van der Waals surface area (Å²) in [6.45, 7) is 6.94. The van der Waals surface area contributed by atoms with Gasteiger partial charge in [-0.2, -0.15) is 0 Å². The Labute approximate surface area is 92.8 Å². The number of amides is 1. The first-order valence-electron chi connectivity index (χ1n) is 6.25. The molecule has 1 amide bonds. The molecule has 2 atom stereocenters. The second-order valence-corrected chi connectivity index (χ2v) is 6.37. The minimum absolute atomic E-state index is 0.146. The van der Waals surface area contributed by atoms with Gasteiger partial charge in [0.05, 0.1) is 0 Å². The summed E-state index contributed by atoms with van der Waals surface area (Å²) in [5.74, 6) is 0.927. The molecule has 0 unspecified atom stereocenters. The SMILES string of the molecule is CC(C)(C)[C@H]1CCCC[C@@]12CCC(=O)N2. The number of hydrogen-bond acceptors (Lipinski definition) is 1. The van der Waals surface area contributed by atoms with Crippen LogP contribution in [0, 0.1) is 11.3 Å². The number of carbonyl (C=O) groups excluding carboxylic acids is 1. The van der Waals surface area contributed by atoms with Gasteiger partial charge in [0.15, 0.2) is 0 Å². The number of rotatable bonds is 0. The van der Waals surface area contributed by atoms with E-state index in [9.17, 15) is 4.79 Å². The van der Waals surface area contributed by atoms with Crippen molar-refractivity contribution in [2.45, 2.75) is 64.8 Å². The van der Waals surface area contributed by atoms with E-state index in [0.29, 0.717) is 11.3 Å². The zero-order chi connectivity index (χ0) is 11.1. The Kier molecular flexibility index (Phi) is 2.56. The molecule has 0 aromatic rings. The van der Waals surface area contributed by atoms with Crippen molar-refractivity contribution in [2.75, 3.05) is 0 Å². The van der Waals surface area contributed by atoms with Crippen molar-refractivity contribution in [2.24, 2.45) is 11.3 Å². The Morgan fingerprint density at radius 1 is 1.27 bits per heavy atom. The van der Waals surface area contributed by atoms with Crippen LogP contribution in [0.5, 0.6) is 0 Å². The number of nitrogens with one attached hydrogen (secondary N) is 1. The molecule has 2 rings (SSSR count). The third kappa shape index (κ3) is 1.91. The van der Waals surface area contributed by atoms with E-state index in [4.69, 9.17) is 0 Å². The van der Waals surface area contributed by atoms with Gasteiger partial charge >= 0.3 is 0 Å². The summed E-state index contributed by atoms with van der Waals surface area (Å²) in [6.07, 6.45) is 6.90. The van der Waals surface area contributed by atoms with Gasteiger partial charge in [-0.1, -0.05) is 33.6 Å². The van der Waals surface area contributed by atoms with E-state index in [0.717, 1.165) is 12.8 Å². The molecule has 0 aromatic carbocycles. The van der Waals surface area contributed by atoms with Crippen molar-refractivity contribution in [1.82, 2.24) is 5.32 Å². The smallest absolute Gasteiger partial charge is 0.220 e. The molecule has 2 nitrogen and oxygen atoms in total. The normalized spacial score (nSPS) is 37.0. The van der Waals surface area contributed by atoms with E-state index >= 15 is 0 Å². The molecule has 1 spiro atoms. The van der Waals surface area contributed by atoms with E-state index in [2.05, 4.69) is 26.1 Å². The standard InChI is InChI=1S/C13H23NO/c1-12(2,3)10-6-4-5-8-13(10)9-7-11(15)14-13/h10H,4-9H2,1-3H3,(H,14,15)/t10-,13-/m1/s1. The molecule has 2 heteroatoms. The molecule has 0 radical (unpaired) electrons. The fourth-order valence-corrected chi connectivity index (χ4v) is 3.69. The van der Waals surface area contributed by atoms with Crippen molar-refractivity contribution >= 4 is 5.91 Å². The molecule has 0 aromatic heterocycles. The van der Waals surface area contributed by atoms with Crippen LogP contribution in [0.3, 0.4) is 0 Å². The van der Waals surface area contributed by atoms with Crippen LogP contribution in [0.4, 0.5) is 0 Å². The summed E-state index contributed by atoms with van der Waals surface area (Å²) in [6, 6.07) is 0. The molecule has 1 saturated heterocycles. The second kappa shape index (κ2) is 3.50. The first-order valence-corrected chi connectivity index (χ1v) is 6.25. The largest absolute Gasteiger partial charge is 0.350 e. The first-order chi connectivity index (χ1) is 6.94. The quantitative estimate of drug-likeness (QED) is 0.653. The molecule has 1 N–H and O–H groups in total. The molecule has 15 heavy (non-hydrogen) atoms. The summed E-state index contributed by atoms with van der Waals surface area (Å²) in [5.41, 5.74) is 0.464. The van der Waals surface area contributed by atoms with Crippen LogP contribution in [0.15, 0.2) is 0 Å². The molecular weight excluding hydrogens is 186 g/mol. The highest BCUT2D eigenvalue weighted by Crippen LogP contribution is 2.48. The van der Waals surface area contributed by atoms with Gasteiger partial charge in [0, 0.05) is 12.0 Å². The predicted molar refractivity (Wildman–Crippen MR) is 61.5 cm³/mol. The maximum atomic E-state index is 11.5. The van der Waals surface area contributed by atoms with E-state index in [1.807, 2.05) is 0 Å². The van der Waals surface area contributed by atoms with Crippen LogP contribution in [0.2, 0.25) is 0 Å². The van der Waals surface area contributed by atoms with Gasteiger partial charge in [-0.05, 0) is 30.6 Å². The molecule has 1 saturated carbocycles. The third-order valence-electron chi connectivity index (χ3n) is 4.26. The van der Waals surface area contributed by atoms with Crippen LogP contribution in [-0.4, -0.2) is 11.4 Å². The zero-order valence-corrected chi connectivity index (χ0v) is 10.2. The predicted octanol–water partition coefficient (Wildman–Crippen LogP) is 2.87. The van der Waals surface area contributed by atoms with Gasteiger partial charge in [0.2, 0.25) is 5.91 Å². The van der Waals surface area contributed by atoms with Crippen LogP contribution in [0.25, 0.3) is 0 Å². The fourth-order valence-electron chi connectivity index (χ4n) is 3.69. The molecular formula is C13H23NO. The molecule has 2 fully saturated rings. The van der Waals surface area contributed by atoms with Crippen molar-refractivity contribution in [3.8, 4) is 0 Å². The van der Waals surface area contributed by atoms with Gasteiger partial charge in [0.25, 0.3) is 0 Å². The van der Waals surface area contributed by atoms with E-state index < -0.39 is 0 Å². The van der Waals surface area contributed by atoms with Gasteiger partial charge < -0.3 is 5.32 Å². The monoisotopic (exact) mass is 209 g/mol. The second-order valence-electron chi connectivity index (χ2n) is 6.37. The average molecular weight is 209 g/mol. The first kappa shape index (κ1) is 11.0. The van der Waals surface area contributed by atoms with Crippen molar-refractivity contribution in [3.05, 3.63) is 0 Å². The number of hydrogen-bond donors (Lipinski definition) is 1. The Morgan fingerprint density at radius 3 is 2.53 bits per heavy atom. The Bertz CT molecular complexity index is 266. The highest BCUT2D eigenvalue weighted by molar-refractivity contribution is 5.79. The van der Waals surface area contributed by atoms with Gasteiger partial charge in [-0.3, -0.25) is 4.79 Å². The lowest BCUT2D eigenvalue weighted by molar-refractivity contribution is -0.120. The summed E-state index contributed by atoms with van der Waals surface area (Å²) in [7, 11) is 0. The fraction of sp³-hybridized carbons (Fsp3) is 0.923. The highest BCUT2D eigenvalue weighted by Gasteiger charge is 2.49. The molecule has 2 aliphatic rings. The summed E-state index contributed by atoms with van der Waals surface area (Å²) in [4.78, 5) is 11.5. The highest BCUT2D eigenvalue weighted by atomic mass is 16.2. The minimum Gasteiger partial charge on any atom is -0.350 e. The van der Waals surface area contributed by atoms with Crippen molar-refractivity contribution in [1.29, 1.82) is 0 Å². The van der Waals surface area contributed by atoms with Gasteiger partial charge in [-0.25, -0.2) is 0 Å².